The van der Waals surface area contributed by atoms with Crippen molar-refractivity contribution in [3.05, 3.63) is 95.3 Å². The molecule has 2 unspecified atom stereocenters. The van der Waals surface area contributed by atoms with Crippen molar-refractivity contribution in [3.63, 3.8) is 0 Å². The standard InChI is InChI=1S/C34H39F3O/c1-3-5-6-7-8-9-11-27-17-20-30(34(37)33(27)36)26-15-13-25(14-16-26)29-19-18-28(22-31(29)35)32-21-12-24(10-4-2)23-38-32/h4,10,13-20,22,24,32H,3,5-9,11-12,21,23H2,1-2H3. The van der Waals surface area contributed by atoms with E-state index in [9.17, 15) is 8.78 Å². The minimum atomic E-state index is -0.819. The number of halogens is 3. The van der Waals surface area contributed by atoms with E-state index in [0.29, 0.717) is 41.2 Å². The lowest BCUT2D eigenvalue weighted by molar-refractivity contribution is -0.00538. The summed E-state index contributed by atoms with van der Waals surface area (Å²) < 4.78 is 50.8. The van der Waals surface area contributed by atoms with Crippen LogP contribution in [-0.4, -0.2) is 6.61 Å². The van der Waals surface area contributed by atoms with Gasteiger partial charge in [0.2, 0.25) is 0 Å². The van der Waals surface area contributed by atoms with Gasteiger partial charge in [-0.3, -0.25) is 0 Å². The van der Waals surface area contributed by atoms with E-state index in [4.69, 9.17) is 4.74 Å². The molecule has 1 fully saturated rings. The van der Waals surface area contributed by atoms with Gasteiger partial charge in [0.1, 0.15) is 5.82 Å². The summed E-state index contributed by atoms with van der Waals surface area (Å²) in [5.74, 6) is -1.47. The summed E-state index contributed by atoms with van der Waals surface area (Å²) >= 11 is 0. The Morgan fingerprint density at radius 3 is 2.13 bits per heavy atom. The third-order valence-electron chi connectivity index (χ3n) is 7.61. The minimum absolute atomic E-state index is 0.0932. The molecule has 0 spiro atoms. The summed E-state index contributed by atoms with van der Waals surface area (Å²) in [6.07, 6.45) is 13.2. The van der Waals surface area contributed by atoms with Crippen LogP contribution < -0.4 is 0 Å². The molecule has 1 nitrogen and oxygen atoms in total. The van der Waals surface area contributed by atoms with Crippen molar-refractivity contribution in [2.75, 3.05) is 6.61 Å². The number of allylic oxidation sites excluding steroid dienone is 1. The molecule has 0 N–H and O–H groups in total. The van der Waals surface area contributed by atoms with E-state index in [2.05, 4.69) is 13.0 Å². The molecule has 4 rings (SSSR count). The lowest BCUT2D eigenvalue weighted by Crippen LogP contribution is -2.19. The fourth-order valence-electron chi connectivity index (χ4n) is 5.36. The Bertz CT molecular complexity index is 1210. The highest BCUT2D eigenvalue weighted by molar-refractivity contribution is 5.71. The normalized spacial score (nSPS) is 17.8. The highest BCUT2D eigenvalue weighted by atomic mass is 19.2. The van der Waals surface area contributed by atoms with Crippen LogP contribution in [0.5, 0.6) is 0 Å². The predicted octanol–water partition coefficient (Wildman–Crippen LogP) is 10.4. The quantitative estimate of drug-likeness (QED) is 0.180. The lowest BCUT2D eigenvalue weighted by atomic mass is 9.93. The fourth-order valence-corrected chi connectivity index (χ4v) is 5.36. The van der Waals surface area contributed by atoms with Crippen LogP contribution >= 0.6 is 0 Å². The van der Waals surface area contributed by atoms with Crippen LogP contribution in [0, 0.1) is 23.4 Å². The third-order valence-corrected chi connectivity index (χ3v) is 7.61. The van der Waals surface area contributed by atoms with Crippen LogP contribution in [0.3, 0.4) is 0 Å². The van der Waals surface area contributed by atoms with E-state index >= 15 is 4.39 Å². The molecule has 1 saturated heterocycles. The Hall–Kier alpha value is -2.85. The molecule has 0 aliphatic carbocycles. The first-order chi connectivity index (χ1) is 18.5. The zero-order valence-corrected chi connectivity index (χ0v) is 22.6. The van der Waals surface area contributed by atoms with Crippen molar-refractivity contribution in [3.8, 4) is 22.3 Å². The SMILES string of the molecule is CC=CC1CCC(c2ccc(-c3ccc(-c4ccc(CCCCCCCC)c(F)c4F)cc3)c(F)c2)OC1. The number of ether oxygens (including phenoxy) is 1. The van der Waals surface area contributed by atoms with Gasteiger partial charge in [-0.05, 0) is 60.9 Å². The van der Waals surface area contributed by atoms with Gasteiger partial charge in [0.05, 0.1) is 12.7 Å². The summed E-state index contributed by atoms with van der Waals surface area (Å²) in [5, 5.41) is 0. The first-order valence-electron chi connectivity index (χ1n) is 14.1. The molecule has 1 aliphatic heterocycles. The molecule has 202 valence electrons. The summed E-state index contributed by atoms with van der Waals surface area (Å²) in [6, 6.07) is 15.6. The number of hydrogen-bond acceptors (Lipinski definition) is 1. The van der Waals surface area contributed by atoms with Gasteiger partial charge < -0.3 is 4.74 Å². The monoisotopic (exact) mass is 520 g/mol. The van der Waals surface area contributed by atoms with Gasteiger partial charge in [-0.25, -0.2) is 13.2 Å². The van der Waals surface area contributed by atoms with Crippen LogP contribution in [0.4, 0.5) is 13.2 Å². The molecule has 1 heterocycles. The molecule has 0 amide bonds. The van der Waals surface area contributed by atoms with Crippen LogP contribution in [-0.2, 0) is 11.2 Å². The van der Waals surface area contributed by atoms with Gasteiger partial charge in [-0.1, -0.05) is 99.7 Å². The maximum atomic E-state index is 15.1. The van der Waals surface area contributed by atoms with Crippen molar-refractivity contribution >= 4 is 0 Å². The highest BCUT2D eigenvalue weighted by Crippen LogP contribution is 2.35. The Kier molecular flexibility index (Phi) is 10.2. The Balaban J connectivity index is 1.41. The summed E-state index contributed by atoms with van der Waals surface area (Å²) in [5.41, 5.74) is 3.24. The summed E-state index contributed by atoms with van der Waals surface area (Å²) in [7, 11) is 0. The van der Waals surface area contributed by atoms with Gasteiger partial charge in [0.15, 0.2) is 11.6 Å². The molecule has 0 bridgehead atoms. The van der Waals surface area contributed by atoms with E-state index in [1.54, 1.807) is 48.5 Å². The summed E-state index contributed by atoms with van der Waals surface area (Å²) in [4.78, 5) is 0. The fraction of sp³-hybridized carbons (Fsp3) is 0.412. The van der Waals surface area contributed by atoms with Gasteiger partial charge in [-0.15, -0.1) is 0 Å². The average Bonchev–Trinajstić information content (AvgIpc) is 2.94. The van der Waals surface area contributed by atoms with Gasteiger partial charge in [-0.2, -0.15) is 0 Å². The third kappa shape index (κ3) is 6.96. The van der Waals surface area contributed by atoms with Gasteiger partial charge in [0.25, 0.3) is 0 Å². The molecule has 3 aromatic carbocycles. The topological polar surface area (TPSA) is 9.23 Å². The lowest BCUT2D eigenvalue weighted by Gasteiger charge is -2.28. The molecule has 1 aliphatic rings. The number of aryl methyl sites for hydroxylation is 1. The van der Waals surface area contributed by atoms with Crippen LogP contribution in [0.1, 0.15) is 82.4 Å². The van der Waals surface area contributed by atoms with E-state index < -0.39 is 11.6 Å². The first-order valence-corrected chi connectivity index (χ1v) is 14.1. The average molecular weight is 521 g/mol. The van der Waals surface area contributed by atoms with Crippen LogP contribution in [0.15, 0.2) is 66.7 Å². The largest absolute Gasteiger partial charge is 0.373 e. The molecule has 0 saturated carbocycles. The molecular weight excluding hydrogens is 481 g/mol. The first kappa shape index (κ1) is 28.2. The number of hydrogen-bond donors (Lipinski definition) is 0. The molecule has 4 heteroatoms. The number of rotatable bonds is 11. The zero-order chi connectivity index (χ0) is 26.9. The Labute approximate surface area is 225 Å². The Morgan fingerprint density at radius 2 is 1.47 bits per heavy atom. The van der Waals surface area contributed by atoms with E-state index in [0.717, 1.165) is 37.7 Å². The number of unbranched alkanes of at least 4 members (excludes halogenated alkanes) is 5. The molecule has 0 aromatic heterocycles. The van der Waals surface area contributed by atoms with E-state index in [1.807, 2.05) is 19.1 Å². The second kappa shape index (κ2) is 13.8. The van der Waals surface area contributed by atoms with Crippen LogP contribution in [0.25, 0.3) is 22.3 Å². The summed E-state index contributed by atoms with van der Waals surface area (Å²) in [6.45, 7) is 4.84. The molecule has 38 heavy (non-hydrogen) atoms. The number of benzene rings is 3. The van der Waals surface area contributed by atoms with Crippen molar-refractivity contribution < 1.29 is 17.9 Å². The van der Waals surface area contributed by atoms with Crippen molar-refractivity contribution in [2.45, 2.75) is 77.7 Å². The molecule has 0 radical (unpaired) electrons. The zero-order valence-electron chi connectivity index (χ0n) is 22.6. The molecular formula is C34H39F3O. The van der Waals surface area contributed by atoms with Crippen molar-refractivity contribution in [1.82, 2.24) is 0 Å². The highest BCUT2D eigenvalue weighted by Gasteiger charge is 2.22. The Morgan fingerprint density at radius 1 is 0.789 bits per heavy atom. The maximum absolute atomic E-state index is 15.1. The maximum Gasteiger partial charge on any atom is 0.166 e. The molecule has 3 aromatic rings. The van der Waals surface area contributed by atoms with E-state index in [1.165, 1.54) is 19.3 Å². The van der Waals surface area contributed by atoms with Gasteiger partial charge in [0, 0.05) is 17.0 Å². The van der Waals surface area contributed by atoms with Gasteiger partial charge >= 0.3 is 0 Å². The molecule has 2 atom stereocenters. The predicted molar refractivity (Wildman–Crippen MR) is 150 cm³/mol. The minimum Gasteiger partial charge on any atom is -0.373 e. The van der Waals surface area contributed by atoms with Crippen molar-refractivity contribution in [2.24, 2.45) is 5.92 Å². The second-order valence-electron chi connectivity index (χ2n) is 10.4. The van der Waals surface area contributed by atoms with Crippen molar-refractivity contribution in [1.29, 1.82) is 0 Å². The van der Waals surface area contributed by atoms with E-state index in [-0.39, 0.29) is 17.5 Å². The second-order valence-corrected chi connectivity index (χ2v) is 10.4. The smallest absolute Gasteiger partial charge is 0.166 e. The van der Waals surface area contributed by atoms with Crippen LogP contribution in [0.2, 0.25) is 0 Å².